The average molecular weight is 378 g/mol. The van der Waals surface area contributed by atoms with Crippen LogP contribution >= 0.6 is 0 Å². The summed E-state index contributed by atoms with van der Waals surface area (Å²) in [4.78, 5) is 20.0. The first-order valence-electron chi connectivity index (χ1n) is 10.3. The predicted octanol–water partition coefficient (Wildman–Crippen LogP) is 4.09. The van der Waals surface area contributed by atoms with E-state index >= 15 is 0 Å². The minimum atomic E-state index is -0.408. The van der Waals surface area contributed by atoms with Crippen molar-refractivity contribution in [3.8, 4) is 11.1 Å². The van der Waals surface area contributed by atoms with Crippen LogP contribution in [0.15, 0.2) is 61.4 Å². The molecule has 1 aromatic heterocycles. The van der Waals surface area contributed by atoms with E-state index in [4.69, 9.17) is 0 Å². The summed E-state index contributed by atoms with van der Waals surface area (Å²) in [6.07, 6.45) is 9.25. The predicted molar refractivity (Wildman–Crippen MR) is 115 cm³/mol. The third-order valence-electron chi connectivity index (χ3n) is 5.60. The third-order valence-corrected chi connectivity index (χ3v) is 5.60. The number of carbonyl (C=O) groups excluding carboxylic acids is 1. The molecule has 0 spiro atoms. The molecule has 1 atom stereocenters. The lowest BCUT2D eigenvalue weighted by molar-refractivity contribution is -0.134. The fourth-order valence-electron chi connectivity index (χ4n) is 4.34. The molecule has 1 fully saturated rings. The van der Waals surface area contributed by atoms with Gasteiger partial charge in [-0.05, 0) is 56.0 Å². The Balaban J connectivity index is 1.94. The lowest BCUT2D eigenvalue weighted by Gasteiger charge is -2.42. The molecule has 1 saturated heterocycles. The maximum Gasteiger partial charge on any atom is 0.228 e. The smallest absolute Gasteiger partial charge is 0.228 e. The monoisotopic (exact) mass is 377 g/mol. The topological polar surface area (TPSA) is 45.2 Å². The molecule has 2 heterocycles. The summed E-state index contributed by atoms with van der Waals surface area (Å²) in [6, 6.07) is 12.5. The highest BCUT2D eigenvalue weighted by molar-refractivity contribution is 5.84. The largest absolute Gasteiger partial charge is 0.352 e. The van der Waals surface area contributed by atoms with Crippen molar-refractivity contribution in [2.75, 3.05) is 26.2 Å². The fraction of sp³-hybridized carbons (Fsp3) is 0.417. The SMILES string of the molecule is C=CCNC(=O)C1(Cc2ccccc2-c2cccnc2)CCCN(CCC)C1. The van der Waals surface area contributed by atoms with Gasteiger partial charge in [-0.25, -0.2) is 0 Å². The van der Waals surface area contributed by atoms with Crippen molar-refractivity contribution in [3.05, 3.63) is 67.0 Å². The number of nitrogens with zero attached hydrogens (tertiary/aromatic N) is 2. The number of amides is 1. The number of piperidine rings is 1. The zero-order valence-corrected chi connectivity index (χ0v) is 16.9. The van der Waals surface area contributed by atoms with Crippen LogP contribution in [0.3, 0.4) is 0 Å². The van der Waals surface area contributed by atoms with Crippen LogP contribution < -0.4 is 5.32 Å². The van der Waals surface area contributed by atoms with E-state index in [9.17, 15) is 4.79 Å². The van der Waals surface area contributed by atoms with E-state index in [1.165, 1.54) is 11.1 Å². The van der Waals surface area contributed by atoms with Gasteiger partial charge in [0.25, 0.3) is 0 Å². The fourth-order valence-corrected chi connectivity index (χ4v) is 4.34. The van der Waals surface area contributed by atoms with Gasteiger partial charge in [-0.1, -0.05) is 43.3 Å². The summed E-state index contributed by atoms with van der Waals surface area (Å²) >= 11 is 0. The summed E-state index contributed by atoms with van der Waals surface area (Å²) in [6.45, 7) is 9.39. The second kappa shape index (κ2) is 9.65. The first-order valence-corrected chi connectivity index (χ1v) is 10.3. The number of hydrogen-bond donors (Lipinski definition) is 1. The number of nitrogens with one attached hydrogen (secondary N) is 1. The Morgan fingerprint density at radius 1 is 1.32 bits per heavy atom. The molecule has 4 heteroatoms. The van der Waals surface area contributed by atoms with E-state index in [1.54, 1.807) is 12.3 Å². The van der Waals surface area contributed by atoms with E-state index in [2.05, 4.69) is 59.0 Å². The Bertz CT molecular complexity index is 787. The summed E-state index contributed by atoms with van der Waals surface area (Å²) in [7, 11) is 0. The van der Waals surface area contributed by atoms with Crippen molar-refractivity contribution >= 4 is 5.91 Å². The van der Waals surface area contributed by atoms with Gasteiger partial charge in [-0.15, -0.1) is 6.58 Å². The number of likely N-dealkylation sites (tertiary alicyclic amines) is 1. The van der Waals surface area contributed by atoms with E-state index in [-0.39, 0.29) is 5.91 Å². The Kier molecular flexibility index (Phi) is 6.99. The molecule has 1 amide bonds. The lowest BCUT2D eigenvalue weighted by atomic mass is 9.73. The Morgan fingerprint density at radius 3 is 2.93 bits per heavy atom. The number of benzene rings is 1. The van der Waals surface area contributed by atoms with Gasteiger partial charge in [0.15, 0.2) is 0 Å². The molecule has 0 radical (unpaired) electrons. The zero-order valence-electron chi connectivity index (χ0n) is 16.9. The second-order valence-corrected chi connectivity index (χ2v) is 7.73. The van der Waals surface area contributed by atoms with E-state index in [0.717, 1.165) is 50.9 Å². The normalized spacial score (nSPS) is 19.9. The highest BCUT2D eigenvalue weighted by Crippen LogP contribution is 2.37. The molecule has 0 bridgehead atoms. The van der Waals surface area contributed by atoms with Gasteiger partial charge in [0.05, 0.1) is 5.41 Å². The molecular weight excluding hydrogens is 346 g/mol. The van der Waals surface area contributed by atoms with Gasteiger partial charge in [-0.3, -0.25) is 9.78 Å². The van der Waals surface area contributed by atoms with Crippen LogP contribution in [-0.2, 0) is 11.2 Å². The molecule has 28 heavy (non-hydrogen) atoms. The Labute approximate surface area is 168 Å². The summed E-state index contributed by atoms with van der Waals surface area (Å²) in [5.74, 6) is 0.147. The van der Waals surface area contributed by atoms with Crippen LogP contribution in [0.2, 0.25) is 0 Å². The van der Waals surface area contributed by atoms with Crippen LogP contribution in [-0.4, -0.2) is 42.0 Å². The van der Waals surface area contributed by atoms with Gasteiger partial charge < -0.3 is 10.2 Å². The third kappa shape index (κ3) is 4.68. The van der Waals surface area contributed by atoms with Crippen LogP contribution in [0, 0.1) is 5.41 Å². The summed E-state index contributed by atoms with van der Waals surface area (Å²) < 4.78 is 0. The Morgan fingerprint density at radius 2 is 2.18 bits per heavy atom. The first-order chi connectivity index (χ1) is 13.7. The molecular formula is C24H31N3O. The minimum absolute atomic E-state index is 0.147. The molecule has 1 unspecified atom stereocenters. The van der Waals surface area contributed by atoms with Crippen molar-refractivity contribution in [2.24, 2.45) is 5.41 Å². The van der Waals surface area contributed by atoms with E-state index < -0.39 is 5.41 Å². The standard InChI is InChI=1S/C24H31N3O/c1-3-13-26-23(28)24(12-8-16-27(19-24)15-4-2)17-20-9-5-6-11-22(20)21-10-7-14-25-18-21/h3,5-7,9-11,14,18H,1,4,8,12-13,15-17,19H2,2H3,(H,26,28). The van der Waals surface area contributed by atoms with Gasteiger partial charge in [0.1, 0.15) is 0 Å². The molecule has 1 aliphatic rings. The zero-order chi connectivity index (χ0) is 19.8. The van der Waals surface area contributed by atoms with Gasteiger partial charge in [0.2, 0.25) is 5.91 Å². The highest BCUT2D eigenvalue weighted by Gasteiger charge is 2.42. The molecule has 0 aliphatic carbocycles. The maximum absolute atomic E-state index is 13.3. The second-order valence-electron chi connectivity index (χ2n) is 7.73. The number of carbonyl (C=O) groups is 1. The highest BCUT2D eigenvalue weighted by atomic mass is 16.2. The number of hydrogen-bond acceptors (Lipinski definition) is 3. The van der Waals surface area contributed by atoms with Crippen molar-refractivity contribution < 1.29 is 4.79 Å². The van der Waals surface area contributed by atoms with Gasteiger partial charge >= 0.3 is 0 Å². The molecule has 4 nitrogen and oxygen atoms in total. The summed E-state index contributed by atoms with van der Waals surface area (Å²) in [5, 5.41) is 3.09. The van der Waals surface area contributed by atoms with Crippen LogP contribution in [0.1, 0.15) is 31.7 Å². The molecule has 3 rings (SSSR count). The van der Waals surface area contributed by atoms with Crippen LogP contribution in [0.4, 0.5) is 0 Å². The molecule has 1 N–H and O–H groups in total. The molecule has 0 saturated carbocycles. The van der Waals surface area contributed by atoms with Crippen LogP contribution in [0.25, 0.3) is 11.1 Å². The molecule has 1 aliphatic heterocycles. The van der Waals surface area contributed by atoms with Crippen molar-refractivity contribution in [1.82, 2.24) is 15.2 Å². The van der Waals surface area contributed by atoms with Crippen molar-refractivity contribution in [3.63, 3.8) is 0 Å². The number of rotatable bonds is 8. The van der Waals surface area contributed by atoms with Crippen molar-refractivity contribution in [2.45, 2.75) is 32.6 Å². The maximum atomic E-state index is 13.3. The molecule has 148 valence electrons. The van der Waals surface area contributed by atoms with Crippen molar-refractivity contribution in [1.29, 1.82) is 0 Å². The van der Waals surface area contributed by atoms with Gasteiger partial charge in [0, 0.05) is 31.0 Å². The van der Waals surface area contributed by atoms with Crippen LogP contribution in [0.5, 0.6) is 0 Å². The number of aromatic nitrogens is 1. The van der Waals surface area contributed by atoms with Gasteiger partial charge in [-0.2, -0.15) is 0 Å². The Hall–Kier alpha value is -2.46. The molecule has 1 aromatic carbocycles. The number of pyridine rings is 1. The van der Waals surface area contributed by atoms with E-state index in [0.29, 0.717) is 6.54 Å². The molecule has 2 aromatic rings. The quantitative estimate of drug-likeness (QED) is 0.705. The van der Waals surface area contributed by atoms with E-state index in [1.807, 2.05) is 12.3 Å². The summed E-state index contributed by atoms with van der Waals surface area (Å²) in [5.41, 5.74) is 3.07. The minimum Gasteiger partial charge on any atom is -0.352 e. The lowest BCUT2D eigenvalue weighted by Crippen LogP contribution is -2.53. The first kappa shape index (κ1) is 20.3. The average Bonchev–Trinajstić information content (AvgIpc) is 2.73.